The summed E-state index contributed by atoms with van der Waals surface area (Å²) in [5.74, 6) is 1.01. The molecule has 24 heavy (non-hydrogen) atoms. The van der Waals surface area contributed by atoms with E-state index in [4.69, 9.17) is 5.73 Å². The van der Waals surface area contributed by atoms with Crippen molar-refractivity contribution >= 4 is 17.4 Å². The maximum atomic E-state index is 5.76. The zero-order valence-corrected chi connectivity index (χ0v) is 12.9. The van der Waals surface area contributed by atoms with Gasteiger partial charge in [-0.3, -0.25) is 4.40 Å². The van der Waals surface area contributed by atoms with E-state index < -0.39 is 0 Å². The van der Waals surface area contributed by atoms with Crippen LogP contribution in [0.2, 0.25) is 0 Å². The molecule has 0 aliphatic heterocycles. The maximum Gasteiger partial charge on any atom is 0.226 e. The van der Waals surface area contributed by atoms with Gasteiger partial charge in [-0.2, -0.15) is 0 Å². The Bertz CT molecular complexity index is 960. The molecule has 2 aromatic carbocycles. The van der Waals surface area contributed by atoms with Gasteiger partial charge in [0, 0.05) is 18.9 Å². The van der Waals surface area contributed by atoms with E-state index in [1.807, 2.05) is 18.2 Å². The van der Waals surface area contributed by atoms with E-state index in [1.54, 1.807) is 16.8 Å². The van der Waals surface area contributed by atoms with Crippen molar-refractivity contribution in [3.05, 3.63) is 72.6 Å². The van der Waals surface area contributed by atoms with Crippen molar-refractivity contribution in [3.63, 3.8) is 0 Å². The summed E-state index contributed by atoms with van der Waals surface area (Å²) in [6.45, 7) is 0.647. The monoisotopic (exact) mass is 316 g/mol. The predicted octanol–water partition coefficient (Wildman–Crippen LogP) is 2.99. The van der Waals surface area contributed by atoms with E-state index in [-0.39, 0.29) is 0 Å². The number of hydrogen-bond donors (Lipinski definition) is 2. The molecule has 0 saturated carbocycles. The van der Waals surface area contributed by atoms with Gasteiger partial charge in [0.1, 0.15) is 0 Å². The molecule has 4 aromatic rings. The summed E-state index contributed by atoms with van der Waals surface area (Å²) < 4.78 is 1.70. The van der Waals surface area contributed by atoms with Crippen molar-refractivity contribution in [2.24, 2.45) is 0 Å². The average molecular weight is 316 g/mol. The molecule has 0 atom stereocenters. The summed E-state index contributed by atoms with van der Waals surface area (Å²) in [7, 11) is 0. The van der Waals surface area contributed by atoms with E-state index in [0.717, 1.165) is 5.56 Å². The first kappa shape index (κ1) is 14.2. The number of benzene rings is 2. The normalized spacial score (nSPS) is 10.8. The molecular formula is C18H16N6. The fraction of sp³-hybridized carbons (Fsp3) is 0.0556. The number of nitrogens with two attached hydrogens (primary N) is 1. The van der Waals surface area contributed by atoms with Gasteiger partial charge < -0.3 is 11.1 Å². The van der Waals surface area contributed by atoms with Crippen LogP contribution in [0.5, 0.6) is 0 Å². The highest BCUT2D eigenvalue weighted by atomic mass is 15.3. The lowest BCUT2D eigenvalue weighted by Gasteiger charge is -2.08. The maximum absolute atomic E-state index is 5.76. The Kier molecular flexibility index (Phi) is 3.55. The molecule has 6 heteroatoms. The average Bonchev–Trinajstić information content (AvgIpc) is 3.03. The van der Waals surface area contributed by atoms with E-state index in [0.29, 0.717) is 24.0 Å². The summed E-state index contributed by atoms with van der Waals surface area (Å²) in [6.07, 6.45) is 3.41. The first-order valence-electron chi connectivity index (χ1n) is 7.65. The number of nitrogens with one attached hydrogen (secondary N) is 1. The van der Waals surface area contributed by atoms with Gasteiger partial charge in [-0.05, 0) is 16.7 Å². The number of nitrogens with zero attached hydrogens (tertiary/aromatic N) is 4. The van der Waals surface area contributed by atoms with Crippen LogP contribution in [-0.2, 0) is 6.54 Å². The van der Waals surface area contributed by atoms with E-state index in [2.05, 4.69) is 56.9 Å². The van der Waals surface area contributed by atoms with Crippen molar-refractivity contribution < 1.29 is 0 Å². The van der Waals surface area contributed by atoms with Gasteiger partial charge in [0.05, 0.1) is 0 Å². The third-order valence-corrected chi connectivity index (χ3v) is 3.87. The predicted molar refractivity (Wildman–Crippen MR) is 94.4 cm³/mol. The van der Waals surface area contributed by atoms with Crippen molar-refractivity contribution in [2.75, 3.05) is 11.1 Å². The van der Waals surface area contributed by atoms with Crippen molar-refractivity contribution in [1.82, 2.24) is 19.6 Å². The van der Waals surface area contributed by atoms with Crippen LogP contribution in [0.1, 0.15) is 5.56 Å². The first-order valence-corrected chi connectivity index (χ1v) is 7.65. The number of anilines is 2. The summed E-state index contributed by atoms with van der Waals surface area (Å²) in [4.78, 5) is 4.31. The third-order valence-electron chi connectivity index (χ3n) is 3.87. The van der Waals surface area contributed by atoms with Crippen molar-refractivity contribution in [3.8, 4) is 11.1 Å². The highest BCUT2D eigenvalue weighted by molar-refractivity contribution is 5.65. The van der Waals surface area contributed by atoms with E-state index >= 15 is 0 Å². The molecule has 0 amide bonds. The van der Waals surface area contributed by atoms with Crippen LogP contribution in [0, 0.1) is 0 Å². The van der Waals surface area contributed by atoms with Gasteiger partial charge in [0.2, 0.25) is 11.6 Å². The summed E-state index contributed by atoms with van der Waals surface area (Å²) in [6, 6.07) is 18.8. The highest BCUT2D eigenvalue weighted by Crippen LogP contribution is 2.20. The zero-order chi connectivity index (χ0) is 16.4. The molecule has 0 aliphatic rings. The Hall–Kier alpha value is -3.41. The number of aromatic nitrogens is 4. The van der Waals surface area contributed by atoms with Crippen LogP contribution >= 0.6 is 0 Å². The second kappa shape index (κ2) is 6.00. The lowest BCUT2D eigenvalue weighted by Crippen LogP contribution is -2.04. The molecule has 6 nitrogen and oxygen atoms in total. The topological polar surface area (TPSA) is 81.1 Å². The molecule has 2 heterocycles. The van der Waals surface area contributed by atoms with Gasteiger partial charge in [0.25, 0.3) is 0 Å². The molecule has 0 bridgehead atoms. The minimum absolute atomic E-state index is 0.350. The Morgan fingerprint density at radius 1 is 0.917 bits per heavy atom. The van der Waals surface area contributed by atoms with Crippen LogP contribution in [0.25, 0.3) is 16.8 Å². The molecule has 0 unspecified atom stereocenters. The number of rotatable bonds is 4. The van der Waals surface area contributed by atoms with Gasteiger partial charge in [-0.15, -0.1) is 10.2 Å². The second-order valence-electron chi connectivity index (χ2n) is 5.44. The molecule has 0 spiro atoms. The van der Waals surface area contributed by atoms with Gasteiger partial charge in [-0.1, -0.05) is 54.6 Å². The summed E-state index contributed by atoms with van der Waals surface area (Å²) in [5.41, 5.74) is 9.95. The Balaban J connectivity index is 1.51. The largest absolute Gasteiger partial charge is 0.368 e. The molecule has 0 aliphatic carbocycles. The quantitative estimate of drug-likeness (QED) is 0.605. The lowest BCUT2D eigenvalue weighted by molar-refractivity contribution is 1.07. The van der Waals surface area contributed by atoms with Crippen LogP contribution in [0.15, 0.2) is 67.0 Å². The molecular weight excluding hydrogens is 300 g/mol. The Labute approximate surface area is 139 Å². The molecule has 4 rings (SSSR count). The molecule has 118 valence electrons. The van der Waals surface area contributed by atoms with E-state index in [1.165, 1.54) is 11.1 Å². The first-order chi connectivity index (χ1) is 11.8. The van der Waals surface area contributed by atoms with Crippen LogP contribution in [0.3, 0.4) is 0 Å². The summed E-state index contributed by atoms with van der Waals surface area (Å²) in [5, 5.41) is 11.2. The van der Waals surface area contributed by atoms with Crippen LogP contribution < -0.4 is 11.1 Å². The third kappa shape index (κ3) is 2.65. The van der Waals surface area contributed by atoms with E-state index in [9.17, 15) is 0 Å². The van der Waals surface area contributed by atoms with Gasteiger partial charge >= 0.3 is 0 Å². The smallest absolute Gasteiger partial charge is 0.226 e. The molecule has 0 fully saturated rings. The Morgan fingerprint density at radius 2 is 1.67 bits per heavy atom. The standard InChI is InChI=1S/C18H16N6/c19-18-23-22-17-16(20-10-11-24(17)18)21-12-13-6-8-15(9-7-13)14-4-2-1-3-5-14/h1-11H,12H2,(H2,19,23)(H,20,21). The van der Waals surface area contributed by atoms with Crippen LogP contribution in [0.4, 0.5) is 11.8 Å². The van der Waals surface area contributed by atoms with Gasteiger partial charge in [0.15, 0.2) is 5.82 Å². The Morgan fingerprint density at radius 3 is 2.46 bits per heavy atom. The second-order valence-corrected chi connectivity index (χ2v) is 5.44. The van der Waals surface area contributed by atoms with Crippen molar-refractivity contribution in [1.29, 1.82) is 0 Å². The number of fused-ring (bicyclic) bond motifs is 1. The highest BCUT2D eigenvalue weighted by Gasteiger charge is 2.07. The number of hydrogen-bond acceptors (Lipinski definition) is 5. The minimum atomic E-state index is 0.350. The zero-order valence-electron chi connectivity index (χ0n) is 12.9. The minimum Gasteiger partial charge on any atom is -0.368 e. The lowest BCUT2D eigenvalue weighted by atomic mass is 10.0. The molecule has 0 radical (unpaired) electrons. The SMILES string of the molecule is Nc1nnc2c(NCc3ccc(-c4ccccc4)cc3)nccn12. The molecule has 0 saturated heterocycles. The molecule has 2 aromatic heterocycles. The fourth-order valence-corrected chi connectivity index (χ4v) is 2.60. The number of nitrogen functional groups attached to an aromatic ring is 1. The molecule has 3 N–H and O–H groups in total. The van der Waals surface area contributed by atoms with Crippen LogP contribution in [-0.4, -0.2) is 19.6 Å². The van der Waals surface area contributed by atoms with Crippen molar-refractivity contribution in [2.45, 2.75) is 6.54 Å². The fourth-order valence-electron chi connectivity index (χ4n) is 2.60. The summed E-state index contributed by atoms with van der Waals surface area (Å²) >= 11 is 0. The van der Waals surface area contributed by atoms with Gasteiger partial charge in [-0.25, -0.2) is 4.98 Å².